The number of hydrogen-bond acceptors (Lipinski definition) is 5. The Hall–Kier alpha value is -3.16. The van der Waals surface area contributed by atoms with Gasteiger partial charge in [-0.1, -0.05) is 29.8 Å². The third-order valence-electron chi connectivity index (χ3n) is 7.53. The highest BCUT2D eigenvalue weighted by Crippen LogP contribution is 2.30. The Morgan fingerprint density at radius 1 is 1.14 bits per heavy atom. The molecule has 0 aliphatic carbocycles. The minimum absolute atomic E-state index is 0.0440. The normalized spacial score (nSPS) is 16.5. The second-order valence-electron chi connectivity index (χ2n) is 10.0. The van der Waals surface area contributed by atoms with Gasteiger partial charge in [-0.3, -0.25) is 14.6 Å². The van der Waals surface area contributed by atoms with E-state index in [1.165, 1.54) is 0 Å². The number of likely N-dealkylation sites (tertiary alicyclic amines) is 1. The lowest BCUT2D eigenvalue weighted by molar-refractivity contribution is -0.132. The van der Waals surface area contributed by atoms with Crippen LogP contribution in [0.25, 0.3) is 10.9 Å². The molecule has 0 radical (unpaired) electrons. The van der Waals surface area contributed by atoms with Gasteiger partial charge in [-0.25, -0.2) is 0 Å². The average Bonchev–Trinajstić information content (AvgIpc) is 2.91. The highest BCUT2D eigenvalue weighted by molar-refractivity contribution is 6.30. The lowest BCUT2D eigenvalue weighted by atomic mass is 9.94. The number of carbonyl (C=O) groups excluding carboxylic acids is 2. The highest BCUT2D eigenvalue weighted by atomic mass is 35.5. The summed E-state index contributed by atoms with van der Waals surface area (Å²) in [6.45, 7) is 2.91. The summed E-state index contributed by atoms with van der Waals surface area (Å²) >= 11 is 6.17. The molecule has 1 N–H and O–H groups in total. The summed E-state index contributed by atoms with van der Waals surface area (Å²) in [5.74, 6) is 0.703. The molecule has 3 heterocycles. The van der Waals surface area contributed by atoms with Gasteiger partial charge in [-0.2, -0.15) is 0 Å². The number of para-hydroxylation sites is 1. The Balaban J connectivity index is 1.38. The van der Waals surface area contributed by atoms with Crippen molar-refractivity contribution in [2.24, 2.45) is 0 Å². The van der Waals surface area contributed by atoms with Crippen molar-refractivity contribution in [3.63, 3.8) is 0 Å². The summed E-state index contributed by atoms with van der Waals surface area (Å²) in [5, 5.41) is 4.74. The first-order valence-corrected chi connectivity index (χ1v) is 13.3. The van der Waals surface area contributed by atoms with E-state index in [4.69, 9.17) is 21.3 Å². The number of fused-ring (bicyclic) bond motifs is 2. The average molecular weight is 521 g/mol. The maximum atomic E-state index is 13.7. The van der Waals surface area contributed by atoms with Gasteiger partial charge < -0.3 is 19.9 Å². The summed E-state index contributed by atoms with van der Waals surface area (Å²) < 4.78 is 5.44. The number of benzene rings is 2. The fourth-order valence-corrected chi connectivity index (χ4v) is 5.61. The van der Waals surface area contributed by atoms with Gasteiger partial charge in [0.05, 0.1) is 18.2 Å². The van der Waals surface area contributed by atoms with Crippen molar-refractivity contribution in [3.05, 3.63) is 69.9 Å². The van der Waals surface area contributed by atoms with Gasteiger partial charge in [0.1, 0.15) is 5.75 Å². The van der Waals surface area contributed by atoms with Crippen LogP contribution < -0.4 is 10.1 Å². The Bertz CT molecular complexity index is 1320. The van der Waals surface area contributed by atoms with Crippen LogP contribution in [-0.4, -0.2) is 66.4 Å². The van der Waals surface area contributed by atoms with Crippen LogP contribution in [0.1, 0.15) is 46.4 Å². The summed E-state index contributed by atoms with van der Waals surface area (Å²) in [7, 11) is 3.73. The van der Waals surface area contributed by atoms with E-state index in [2.05, 4.69) is 17.3 Å². The SMILES string of the molecule is COc1ccc(Cl)cc1CCC(=O)N1CCc2nc3ccccc3c(C(=O)NC3CCN(C)CC3)c2C1. The number of halogens is 1. The van der Waals surface area contributed by atoms with Crippen molar-refractivity contribution >= 4 is 34.3 Å². The molecule has 2 aliphatic heterocycles. The number of aromatic nitrogens is 1. The van der Waals surface area contributed by atoms with Crippen LogP contribution in [-0.2, 0) is 24.2 Å². The van der Waals surface area contributed by atoms with E-state index in [0.29, 0.717) is 42.9 Å². The smallest absolute Gasteiger partial charge is 0.252 e. The maximum Gasteiger partial charge on any atom is 0.252 e. The molecular formula is C29H33ClN4O3. The summed E-state index contributed by atoms with van der Waals surface area (Å²) in [4.78, 5) is 36.0. The number of ether oxygens (including phenoxy) is 1. The third-order valence-corrected chi connectivity index (χ3v) is 7.77. The number of nitrogens with zero attached hydrogens (tertiary/aromatic N) is 3. The molecule has 1 fully saturated rings. The second-order valence-corrected chi connectivity index (χ2v) is 10.4. The van der Waals surface area contributed by atoms with E-state index in [1.807, 2.05) is 41.3 Å². The molecule has 0 bridgehead atoms. The molecule has 1 aromatic heterocycles. The molecule has 2 amide bonds. The van der Waals surface area contributed by atoms with E-state index in [0.717, 1.165) is 59.4 Å². The minimum atomic E-state index is -0.0673. The Morgan fingerprint density at radius 2 is 1.92 bits per heavy atom. The number of pyridine rings is 1. The predicted octanol–water partition coefficient (Wildman–Crippen LogP) is 4.24. The van der Waals surface area contributed by atoms with Gasteiger partial charge in [0.25, 0.3) is 5.91 Å². The third kappa shape index (κ3) is 5.58. The monoisotopic (exact) mass is 520 g/mol. The molecule has 3 aromatic rings. The molecule has 2 aromatic carbocycles. The lowest BCUT2D eigenvalue weighted by Gasteiger charge is -2.32. The maximum absolute atomic E-state index is 13.7. The summed E-state index contributed by atoms with van der Waals surface area (Å²) in [6, 6.07) is 13.4. The Morgan fingerprint density at radius 3 is 2.70 bits per heavy atom. The molecule has 1 saturated heterocycles. The zero-order valence-electron chi connectivity index (χ0n) is 21.4. The van der Waals surface area contributed by atoms with Crippen LogP contribution in [0, 0.1) is 0 Å². The summed E-state index contributed by atoms with van der Waals surface area (Å²) in [6.07, 6.45) is 3.37. The van der Waals surface area contributed by atoms with E-state index < -0.39 is 0 Å². The zero-order valence-corrected chi connectivity index (χ0v) is 22.2. The quantitative estimate of drug-likeness (QED) is 0.526. The Labute approximate surface area is 222 Å². The number of methoxy groups -OCH3 is 1. The van der Waals surface area contributed by atoms with Crippen LogP contribution >= 0.6 is 11.6 Å². The van der Waals surface area contributed by atoms with Crippen molar-refractivity contribution in [1.29, 1.82) is 0 Å². The minimum Gasteiger partial charge on any atom is -0.496 e. The number of piperidine rings is 1. The van der Waals surface area contributed by atoms with Gasteiger partial charge in [0.15, 0.2) is 0 Å². The first-order valence-electron chi connectivity index (χ1n) is 12.9. The fraction of sp³-hybridized carbons (Fsp3) is 0.414. The van der Waals surface area contributed by atoms with Gasteiger partial charge in [-0.05, 0) is 69.2 Å². The van der Waals surface area contributed by atoms with E-state index in [1.54, 1.807) is 13.2 Å². The second kappa shape index (κ2) is 11.1. The number of nitrogens with one attached hydrogen (secondary N) is 1. The molecule has 0 unspecified atom stereocenters. The fourth-order valence-electron chi connectivity index (χ4n) is 5.42. The van der Waals surface area contributed by atoms with Crippen molar-refractivity contribution < 1.29 is 14.3 Å². The first-order chi connectivity index (χ1) is 17.9. The van der Waals surface area contributed by atoms with Crippen LogP contribution in [0.4, 0.5) is 0 Å². The standard InChI is InChI=1S/C29H33ClN4O3/c1-33-14-11-21(12-15-33)31-29(36)28-22-5-3-4-6-24(22)32-25-13-16-34(18-23(25)28)27(35)10-7-19-17-20(30)8-9-26(19)37-2/h3-6,8-9,17,21H,7,10-16,18H2,1-2H3,(H,31,36). The Kier molecular flexibility index (Phi) is 7.63. The molecule has 0 saturated carbocycles. The van der Waals surface area contributed by atoms with Crippen molar-refractivity contribution in [2.75, 3.05) is 33.8 Å². The first kappa shape index (κ1) is 25.5. The number of aryl methyl sites for hydroxylation is 1. The van der Waals surface area contributed by atoms with E-state index in [9.17, 15) is 9.59 Å². The van der Waals surface area contributed by atoms with Crippen LogP contribution in [0.15, 0.2) is 42.5 Å². The van der Waals surface area contributed by atoms with Gasteiger partial charge in [-0.15, -0.1) is 0 Å². The molecule has 2 aliphatic rings. The van der Waals surface area contributed by atoms with Crippen LogP contribution in [0.3, 0.4) is 0 Å². The molecule has 5 rings (SSSR count). The molecule has 37 heavy (non-hydrogen) atoms. The predicted molar refractivity (Wildman–Crippen MR) is 145 cm³/mol. The molecule has 8 heteroatoms. The van der Waals surface area contributed by atoms with E-state index in [-0.39, 0.29) is 17.9 Å². The van der Waals surface area contributed by atoms with Crippen LogP contribution in [0.2, 0.25) is 5.02 Å². The molecule has 194 valence electrons. The van der Waals surface area contributed by atoms with Crippen molar-refractivity contribution in [2.45, 2.75) is 44.7 Å². The van der Waals surface area contributed by atoms with Gasteiger partial charge in [0, 0.05) is 53.6 Å². The van der Waals surface area contributed by atoms with Crippen molar-refractivity contribution in [1.82, 2.24) is 20.1 Å². The molecule has 7 nitrogen and oxygen atoms in total. The number of amides is 2. The van der Waals surface area contributed by atoms with Crippen LogP contribution in [0.5, 0.6) is 5.75 Å². The van der Waals surface area contributed by atoms with Gasteiger partial charge in [0.2, 0.25) is 5.91 Å². The number of hydrogen-bond donors (Lipinski definition) is 1. The van der Waals surface area contributed by atoms with Gasteiger partial charge >= 0.3 is 0 Å². The number of rotatable bonds is 6. The number of carbonyl (C=O) groups is 2. The summed E-state index contributed by atoms with van der Waals surface area (Å²) in [5.41, 5.74) is 4.17. The van der Waals surface area contributed by atoms with E-state index >= 15 is 0 Å². The zero-order chi connectivity index (χ0) is 25.9. The van der Waals surface area contributed by atoms with Crippen molar-refractivity contribution in [3.8, 4) is 5.75 Å². The highest BCUT2D eigenvalue weighted by Gasteiger charge is 2.29. The molecular weight excluding hydrogens is 488 g/mol. The topological polar surface area (TPSA) is 74.8 Å². The molecule has 0 spiro atoms. The largest absolute Gasteiger partial charge is 0.496 e. The lowest BCUT2D eigenvalue weighted by Crippen LogP contribution is -2.44. The molecule has 0 atom stereocenters.